The first-order valence-corrected chi connectivity index (χ1v) is 9.12. The summed E-state index contributed by atoms with van der Waals surface area (Å²) in [6.45, 7) is 0.329. The Morgan fingerprint density at radius 3 is 2.71 bits per heavy atom. The summed E-state index contributed by atoms with van der Waals surface area (Å²) in [6, 6.07) is 6.91. The molecule has 0 spiro atoms. The number of benzene rings is 1. The molecule has 2 N–H and O–H groups in total. The topological polar surface area (TPSA) is 123 Å². The van der Waals surface area contributed by atoms with Crippen molar-refractivity contribution in [2.45, 2.75) is 6.54 Å². The Kier molecular flexibility index (Phi) is 4.72. The van der Waals surface area contributed by atoms with Crippen LogP contribution in [0.2, 0.25) is 0 Å². The molecule has 0 fully saturated rings. The molecule has 0 unspecified atom stereocenters. The second-order valence-corrected chi connectivity index (χ2v) is 6.68. The van der Waals surface area contributed by atoms with Crippen LogP contribution in [0.15, 0.2) is 54.6 Å². The van der Waals surface area contributed by atoms with Gasteiger partial charge in [0.05, 0.1) is 23.4 Å². The van der Waals surface area contributed by atoms with E-state index in [2.05, 4.69) is 26.1 Å². The van der Waals surface area contributed by atoms with Gasteiger partial charge >= 0.3 is 0 Å². The summed E-state index contributed by atoms with van der Waals surface area (Å²) in [5, 5.41) is 15.9. The maximum Gasteiger partial charge on any atom is 0.210 e. The van der Waals surface area contributed by atoms with E-state index in [1.54, 1.807) is 43.0 Å². The number of nitriles is 1. The van der Waals surface area contributed by atoms with Crippen LogP contribution in [0.1, 0.15) is 27.0 Å². The minimum atomic E-state index is -0.276. The summed E-state index contributed by atoms with van der Waals surface area (Å²) < 4.78 is 1.54. The zero-order chi connectivity index (χ0) is 19.5. The summed E-state index contributed by atoms with van der Waals surface area (Å²) in [7, 11) is 0. The zero-order valence-electron chi connectivity index (χ0n) is 14.5. The lowest BCUT2D eigenvalue weighted by Gasteiger charge is -2.08. The number of hydrogen-bond donors (Lipinski definition) is 1. The zero-order valence-corrected chi connectivity index (χ0v) is 15.3. The third-order valence-electron chi connectivity index (χ3n) is 4.04. The molecule has 8 nitrogen and oxygen atoms in total. The van der Waals surface area contributed by atoms with Crippen molar-refractivity contribution >= 4 is 17.1 Å². The Balaban J connectivity index is 1.77. The average Bonchev–Trinajstić information content (AvgIpc) is 3.44. The largest absolute Gasteiger partial charge is 0.326 e. The van der Waals surface area contributed by atoms with Crippen LogP contribution in [0.5, 0.6) is 0 Å². The third kappa shape index (κ3) is 3.29. The van der Waals surface area contributed by atoms with E-state index in [0.29, 0.717) is 39.8 Å². The number of hydrogen-bond acceptors (Lipinski definition) is 8. The van der Waals surface area contributed by atoms with Crippen molar-refractivity contribution in [2.24, 2.45) is 5.73 Å². The molecule has 0 aliphatic carbocycles. The first-order valence-electron chi connectivity index (χ1n) is 8.24. The molecule has 136 valence electrons. The van der Waals surface area contributed by atoms with Crippen molar-refractivity contribution in [1.29, 1.82) is 5.26 Å². The van der Waals surface area contributed by atoms with Gasteiger partial charge in [0.2, 0.25) is 5.13 Å². The Morgan fingerprint density at radius 2 is 2.04 bits per heavy atom. The summed E-state index contributed by atoms with van der Waals surface area (Å²) in [4.78, 5) is 25.9. The maximum absolute atomic E-state index is 13.2. The van der Waals surface area contributed by atoms with Gasteiger partial charge < -0.3 is 5.73 Å². The molecule has 0 radical (unpaired) electrons. The van der Waals surface area contributed by atoms with E-state index in [0.717, 1.165) is 5.56 Å². The maximum atomic E-state index is 13.2. The predicted octanol–water partition coefficient (Wildman–Crippen LogP) is 2.35. The fraction of sp³-hybridized carbons (Fsp3) is 0.0526. The number of rotatable bonds is 5. The second kappa shape index (κ2) is 7.48. The third-order valence-corrected chi connectivity index (χ3v) is 4.80. The van der Waals surface area contributed by atoms with Gasteiger partial charge in [-0.2, -0.15) is 10.4 Å². The van der Waals surface area contributed by atoms with Crippen molar-refractivity contribution in [3.63, 3.8) is 0 Å². The van der Waals surface area contributed by atoms with E-state index in [4.69, 9.17) is 5.73 Å². The highest BCUT2D eigenvalue weighted by Crippen LogP contribution is 2.25. The molecule has 0 saturated carbocycles. The standard InChI is InChI=1S/C19H13N7OS/c20-6-12-1-2-15(18-23-8-13(7-21)9-24-18)16(5-12)17(27)14-10-25-26(11-14)19-22-3-4-28-19/h1-5,8-11H,7,21H2. The molecule has 3 aromatic heterocycles. The van der Waals surface area contributed by atoms with Crippen LogP contribution in [-0.2, 0) is 6.54 Å². The van der Waals surface area contributed by atoms with E-state index in [9.17, 15) is 10.1 Å². The van der Waals surface area contributed by atoms with E-state index in [1.165, 1.54) is 22.2 Å². The summed E-state index contributed by atoms with van der Waals surface area (Å²) >= 11 is 1.41. The lowest BCUT2D eigenvalue weighted by atomic mass is 9.97. The molecule has 28 heavy (non-hydrogen) atoms. The van der Waals surface area contributed by atoms with Crippen LogP contribution in [0.25, 0.3) is 16.5 Å². The van der Waals surface area contributed by atoms with Gasteiger partial charge in [-0.05, 0) is 18.2 Å². The lowest BCUT2D eigenvalue weighted by Crippen LogP contribution is -2.06. The quantitative estimate of drug-likeness (QED) is 0.521. The van der Waals surface area contributed by atoms with Crippen LogP contribution >= 0.6 is 11.3 Å². The number of thiazole rings is 1. The van der Waals surface area contributed by atoms with Crippen molar-refractivity contribution in [2.75, 3.05) is 0 Å². The first kappa shape index (κ1) is 17.7. The Bertz CT molecular complexity index is 1170. The van der Waals surface area contributed by atoms with Crippen molar-refractivity contribution in [3.8, 4) is 22.6 Å². The van der Waals surface area contributed by atoms with Gasteiger partial charge in [0.25, 0.3) is 0 Å². The molecule has 0 atom stereocenters. The Morgan fingerprint density at radius 1 is 1.21 bits per heavy atom. The summed E-state index contributed by atoms with van der Waals surface area (Å²) in [6.07, 6.45) is 8.00. The Hall–Kier alpha value is -3.74. The molecule has 0 saturated heterocycles. The normalized spacial score (nSPS) is 10.6. The van der Waals surface area contributed by atoms with Crippen molar-refractivity contribution in [3.05, 3.63) is 76.8 Å². The molecule has 0 bridgehead atoms. The minimum absolute atomic E-state index is 0.276. The Labute approximate surface area is 163 Å². The molecule has 0 aliphatic rings. The van der Waals surface area contributed by atoms with Crippen LogP contribution in [-0.4, -0.2) is 30.5 Å². The fourth-order valence-electron chi connectivity index (χ4n) is 2.63. The number of nitrogens with two attached hydrogens (primary N) is 1. The van der Waals surface area contributed by atoms with Crippen LogP contribution in [0.3, 0.4) is 0 Å². The van der Waals surface area contributed by atoms with Crippen molar-refractivity contribution in [1.82, 2.24) is 24.7 Å². The molecule has 0 aliphatic heterocycles. The van der Waals surface area contributed by atoms with E-state index < -0.39 is 0 Å². The lowest BCUT2D eigenvalue weighted by molar-refractivity contribution is 0.103. The highest BCUT2D eigenvalue weighted by molar-refractivity contribution is 7.12. The smallest absolute Gasteiger partial charge is 0.210 e. The van der Waals surface area contributed by atoms with Gasteiger partial charge in [0.15, 0.2) is 11.6 Å². The highest BCUT2D eigenvalue weighted by atomic mass is 32.1. The molecule has 1 aromatic carbocycles. The van der Waals surface area contributed by atoms with Gasteiger partial charge in [-0.1, -0.05) is 0 Å². The number of nitrogens with zero attached hydrogens (tertiary/aromatic N) is 6. The van der Waals surface area contributed by atoms with Crippen LogP contribution < -0.4 is 5.73 Å². The van der Waals surface area contributed by atoms with Crippen LogP contribution in [0.4, 0.5) is 0 Å². The first-order chi connectivity index (χ1) is 13.7. The number of ketones is 1. The van der Waals surface area contributed by atoms with E-state index in [-0.39, 0.29) is 5.78 Å². The monoisotopic (exact) mass is 387 g/mol. The van der Waals surface area contributed by atoms with Gasteiger partial charge in [0.1, 0.15) is 0 Å². The fourth-order valence-corrected chi connectivity index (χ4v) is 3.20. The van der Waals surface area contributed by atoms with Gasteiger partial charge in [-0.15, -0.1) is 11.3 Å². The molecule has 9 heteroatoms. The van der Waals surface area contributed by atoms with E-state index in [1.807, 2.05) is 5.38 Å². The summed E-state index contributed by atoms with van der Waals surface area (Å²) in [5.41, 5.74) is 8.00. The molecule has 0 amide bonds. The number of carbonyl (C=O) groups is 1. The second-order valence-electron chi connectivity index (χ2n) is 5.81. The average molecular weight is 387 g/mol. The number of aromatic nitrogens is 5. The molecular formula is C19H13N7OS. The molecular weight excluding hydrogens is 374 g/mol. The van der Waals surface area contributed by atoms with E-state index >= 15 is 0 Å². The summed E-state index contributed by atoms with van der Waals surface area (Å²) in [5.74, 6) is 0.110. The van der Waals surface area contributed by atoms with Crippen LogP contribution in [0, 0.1) is 11.3 Å². The molecule has 4 aromatic rings. The SMILES string of the molecule is N#Cc1ccc(-c2ncc(CN)cn2)c(C(=O)c2cnn(-c3nccs3)c2)c1. The molecule has 4 rings (SSSR count). The van der Waals surface area contributed by atoms with Gasteiger partial charge in [-0.3, -0.25) is 4.79 Å². The van der Waals surface area contributed by atoms with Gasteiger partial charge in [0, 0.05) is 53.4 Å². The highest BCUT2D eigenvalue weighted by Gasteiger charge is 2.19. The van der Waals surface area contributed by atoms with Gasteiger partial charge in [-0.25, -0.2) is 19.6 Å². The predicted molar refractivity (Wildman–Crippen MR) is 103 cm³/mol. The van der Waals surface area contributed by atoms with Crippen molar-refractivity contribution < 1.29 is 4.79 Å². The molecule has 3 heterocycles. The minimum Gasteiger partial charge on any atom is -0.326 e. The number of carbonyl (C=O) groups excluding carboxylic acids is 1.